The Kier molecular flexibility index (Phi) is 6.92. The van der Waals surface area contributed by atoms with Gasteiger partial charge in [0.2, 0.25) is 5.91 Å². The minimum atomic E-state index is -0.655. The number of hydrazone groups is 1. The summed E-state index contributed by atoms with van der Waals surface area (Å²) in [6.45, 7) is 4.72. The number of rotatable bonds is 5. The number of aliphatic hydroxyl groups excluding tert-OH is 1. The molecule has 21 heavy (non-hydrogen) atoms. The number of hydrogen-bond acceptors (Lipinski definition) is 8. The van der Waals surface area contributed by atoms with E-state index in [4.69, 9.17) is 28.4 Å². The van der Waals surface area contributed by atoms with Crippen molar-refractivity contribution >= 4 is 11.7 Å². The number of carbonyl (C=O) groups excluding carboxylic acids is 1. The highest BCUT2D eigenvalue weighted by Crippen LogP contribution is 2.14. The molecule has 0 atom stereocenters. The molecule has 0 heterocycles. The van der Waals surface area contributed by atoms with E-state index in [1.165, 1.54) is 12.1 Å². The van der Waals surface area contributed by atoms with Gasteiger partial charge in [-0.3, -0.25) is 14.8 Å². The Balaban J connectivity index is 5.24. The Morgan fingerprint density at radius 1 is 1.33 bits per heavy atom. The highest BCUT2D eigenvalue weighted by molar-refractivity contribution is 5.84. The topological polar surface area (TPSA) is 172 Å². The van der Waals surface area contributed by atoms with Gasteiger partial charge >= 0.3 is 0 Å². The number of hydrogen-bond donors (Lipinski definition) is 6. The molecule has 10 heteroatoms. The first-order valence-corrected chi connectivity index (χ1v) is 6.22. The van der Waals surface area contributed by atoms with Gasteiger partial charge < -0.3 is 22.0 Å². The molecule has 122 valence electrons. The molecular weight excluding hydrogens is 276 g/mol. The van der Waals surface area contributed by atoms with Crippen molar-refractivity contribution in [3.05, 3.63) is 11.5 Å². The second-order valence-electron chi connectivity index (χ2n) is 5.52. The zero-order valence-corrected chi connectivity index (χ0v) is 12.9. The number of amidine groups is 1. The van der Waals surface area contributed by atoms with Crippen LogP contribution in [0.4, 0.5) is 0 Å². The van der Waals surface area contributed by atoms with Crippen LogP contribution in [0.15, 0.2) is 16.6 Å². The number of nitrogens with zero attached hydrogens (tertiary/aromatic N) is 3. The van der Waals surface area contributed by atoms with Crippen LogP contribution in [0.5, 0.6) is 0 Å². The SMILES string of the molecule is CN(N)/C(CN(N)/C(NC(=O)C(C)(C)C)=C(\N)CO)=N\N. The number of hydrazine groups is 2. The standard InChI is InChI=1S/C11H26N8O2/c1-11(2,3)10(21)16-9(7(12)6-20)19(15)5-8(17-13)18(4)14/h20H,5-6,12-15H2,1-4H3,(H,16,21)/b9-7-,17-8-. The summed E-state index contributed by atoms with van der Waals surface area (Å²) in [7, 11) is 1.53. The predicted molar refractivity (Wildman–Crippen MR) is 80.4 cm³/mol. The molecular formula is C11H26N8O2. The summed E-state index contributed by atoms with van der Waals surface area (Å²) >= 11 is 0. The molecule has 0 aromatic rings. The van der Waals surface area contributed by atoms with Gasteiger partial charge in [0, 0.05) is 12.5 Å². The minimum absolute atomic E-state index is 0.00569. The van der Waals surface area contributed by atoms with Crippen molar-refractivity contribution in [1.29, 1.82) is 0 Å². The van der Waals surface area contributed by atoms with Crippen LogP contribution in [-0.4, -0.2) is 47.1 Å². The number of nitrogens with one attached hydrogen (secondary N) is 1. The number of amides is 1. The van der Waals surface area contributed by atoms with Gasteiger partial charge in [0.25, 0.3) is 0 Å². The van der Waals surface area contributed by atoms with Crippen molar-refractivity contribution in [3.8, 4) is 0 Å². The molecule has 0 fully saturated rings. The zero-order valence-electron chi connectivity index (χ0n) is 12.9. The van der Waals surface area contributed by atoms with E-state index in [1.54, 1.807) is 20.8 Å². The highest BCUT2D eigenvalue weighted by atomic mass is 16.3. The molecule has 0 unspecified atom stereocenters. The van der Waals surface area contributed by atoms with Crippen LogP contribution in [0.2, 0.25) is 0 Å². The molecule has 0 aromatic heterocycles. The number of aliphatic hydroxyl groups is 1. The van der Waals surface area contributed by atoms with Gasteiger partial charge in [-0.1, -0.05) is 20.8 Å². The van der Waals surface area contributed by atoms with Crippen LogP contribution in [0.3, 0.4) is 0 Å². The van der Waals surface area contributed by atoms with Gasteiger partial charge in [-0.25, -0.2) is 11.7 Å². The van der Waals surface area contributed by atoms with E-state index in [-0.39, 0.29) is 29.8 Å². The normalized spacial score (nSPS) is 13.6. The molecule has 0 spiro atoms. The van der Waals surface area contributed by atoms with Crippen molar-refractivity contribution in [1.82, 2.24) is 15.3 Å². The van der Waals surface area contributed by atoms with Crippen LogP contribution in [0, 0.1) is 5.41 Å². The van der Waals surface area contributed by atoms with Gasteiger partial charge in [0.1, 0.15) is 5.82 Å². The Labute approximate surface area is 124 Å². The monoisotopic (exact) mass is 302 g/mol. The van der Waals surface area contributed by atoms with E-state index in [2.05, 4.69) is 10.4 Å². The highest BCUT2D eigenvalue weighted by Gasteiger charge is 2.25. The largest absolute Gasteiger partial charge is 0.397 e. The van der Waals surface area contributed by atoms with Crippen molar-refractivity contribution in [2.75, 3.05) is 20.2 Å². The Bertz CT molecular complexity index is 424. The van der Waals surface area contributed by atoms with Crippen molar-refractivity contribution in [2.24, 2.45) is 33.8 Å². The second-order valence-corrected chi connectivity index (χ2v) is 5.52. The van der Waals surface area contributed by atoms with Crippen LogP contribution < -0.4 is 28.6 Å². The first-order valence-electron chi connectivity index (χ1n) is 6.22. The Morgan fingerprint density at radius 3 is 2.19 bits per heavy atom. The fourth-order valence-electron chi connectivity index (χ4n) is 1.18. The molecule has 1 amide bonds. The maximum atomic E-state index is 12.0. The lowest BCUT2D eigenvalue weighted by Gasteiger charge is -2.28. The molecule has 10 nitrogen and oxygen atoms in total. The lowest BCUT2D eigenvalue weighted by Crippen LogP contribution is -2.50. The maximum absolute atomic E-state index is 12.0. The third-order valence-corrected chi connectivity index (χ3v) is 2.54. The number of nitrogens with two attached hydrogens (primary N) is 4. The molecule has 10 N–H and O–H groups in total. The maximum Gasteiger partial charge on any atom is 0.230 e. The summed E-state index contributed by atoms with van der Waals surface area (Å²) in [4.78, 5) is 12.0. The minimum Gasteiger partial charge on any atom is -0.397 e. The van der Waals surface area contributed by atoms with Gasteiger partial charge in [-0.2, -0.15) is 5.10 Å². The lowest BCUT2D eigenvalue weighted by atomic mass is 9.96. The fourth-order valence-corrected chi connectivity index (χ4v) is 1.18. The molecule has 0 rings (SSSR count). The smallest absolute Gasteiger partial charge is 0.230 e. The van der Waals surface area contributed by atoms with E-state index in [0.717, 1.165) is 5.01 Å². The van der Waals surface area contributed by atoms with E-state index in [1.807, 2.05) is 0 Å². The van der Waals surface area contributed by atoms with Crippen molar-refractivity contribution < 1.29 is 9.90 Å². The predicted octanol–water partition coefficient (Wildman–Crippen LogP) is -2.48. The Hall–Kier alpha value is -2.04. The third kappa shape index (κ3) is 5.85. The van der Waals surface area contributed by atoms with Crippen molar-refractivity contribution in [2.45, 2.75) is 20.8 Å². The molecule has 0 bridgehead atoms. The molecule has 0 saturated carbocycles. The van der Waals surface area contributed by atoms with Gasteiger partial charge in [0.15, 0.2) is 5.84 Å². The summed E-state index contributed by atoms with van der Waals surface area (Å²) in [6.07, 6.45) is 0. The van der Waals surface area contributed by atoms with Crippen LogP contribution in [0.25, 0.3) is 0 Å². The quantitative estimate of drug-likeness (QED) is 0.140. The first kappa shape index (κ1) is 19.0. The first-order chi connectivity index (χ1) is 9.54. The van der Waals surface area contributed by atoms with E-state index < -0.39 is 12.0 Å². The van der Waals surface area contributed by atoms with Gasteiger partial charge in [-0.05, 0) is 0 Å². The van der Waals surface area contributed by atoms with Crippen molar-refractivity contribution in [3.63, 3.8) is 0 Å². The number of carbonyl (C=O) groups is 1. The molecule has 0 aromatic carbocycles. The van der Waals surface area contributed by atoms with Crippen LogP contribution in [0.1, 0.15) is 20.8 Å². The van der Waals surface area contributed by atoms with E-state index in [9.17, 15) is 4.79 Å². The van der Waals surface area contributed by atoms with E-state index >= 15 is 0 Å². The third-order valence-electron chi connectivity index (χ3n) is 2.54. The fraction of sp³-hybridized carbons (Fsp3) is 0.636. The van der Waals surface area contributed by atoms with Gasteiger partial charge in [0.05, 0.1) is 18.8 Å². The lowest BCUT2D eigenvalue weighted by molar-refractivity contribution is -0.128. The molecule has 0 aliphatic carbocycles. The average Bonchev–Trinajstić information content (AvgIpc) is 2.38. The molecule has 0 saturated heterocycles. The summed E-state index contributed by atoms with van der Waals surface area (Å²) in [6, 6.07) is 0. The summed E-state index contributed by atoms with van der Waals surface area (Å²) < 4.78 is 0. The molecule has 0 aliphatic rings. The zero-order chi connectivity index (χ0) is 16.8. The van der Waals surface area contributed by atoms with Crippen LogP contribution in [-0.2, 0) is 4.79 Å². The second kappa shape index (κ2) is 7.67. The molecule has 0 radical (unpaired) electrons. The summed E-state index contributed by atoms with van der Waals surface area (Å²) in [5, 5.41) is 17.5. The van der Waals surface area contributed by atoms with Gasteiger partial charge in [-0.15, -0.1) is 0 Å². The molecule has 0 aliphatic heterocycles. The Morgan fingerprint density at radius 2 is 1.86 bits per heavy atom. The summed E-state index contributed by atoms with van der Waals surface area (Å²) in [5.41, 5.74) is 5.03. The summed E-state index contributed by atoms with van der Waals surface area (Å²) in [5.74, 6) is 16.6. The van der Waals surface area contributed by atoms with E-state index in [0.29, 0.717) is 0 Å². The number of likely N-dealkylation sites (N-methyl/N-ethyl adjacent to an activating group) is 1. The average molecular weight is 302 g/mol. The van der Waals surface area contributed by atoms with Crippen LogP contribution >= 0.6 is 0 Å².